The summed E-state index contributed by atoms with van der Waals surface area (Å²) in [4.78, 5) is 8.88. The SMILES string of the molecule is Cc1cc(-c2ccc(Br)cc2)nc(CCN)n1. The third-order valence-corrected chi connectivity index (χ3v) is 2.94. The summed E-state index contributed by atoms with van der Waals surface area (Å²) in [5, 5.41) is 0. The minimum atomic E-state index is 0.573. The molecule has 0 saturated carbocycles. The van der Waals surface area contributed by atoms with E-state index < -0.39 is 0 Å². The van der Waals surface area contributed by atoms with Gasteiger partial charge in [0, 0.05) is 22.2 Å². The van der Waals surface area contributed by atoms with Gasteiger partial charge in [0.15, 0.2) is 0 Å². The zero-order valence-corrected chi connectivity index (χ0v) is 11.2. The molecule has 2 N–H and O–H groups in total. The highest BCUT2D eigenvalue weighted by atomic mass is 79.9. The zero-order valence-electron chi connectivity index (χ0n) is 9.65. The lowest BCUT2D eigenvalue weighted by Gasteiger charge is -2.05. The van der Waals surface area contributed by atoms with Gasteiger partial charge in [0.2, 0.25) is 0 Å². The number of halogens is 1. The Morgan fingerprint density at radius 3 is 2.53 bits per heavy atom. The average molecular weight is 292 g/mol. The van der Waals surface area contributed by atoms with Gasteiger partial charge in [-0.1, -0.05) is 28.1 Å². The molecule has 0 radical (unpaired) electrons. The van der Waals surface area contributed by atoms with Crippen molar-refractivity contribution < 1.29 is 0 Å². The van der Waals surface area contributed by atoms with Crippen LogP contribution in [0.5, 0.6) is 0 Å². The largest absolute Gasteiger partial charge is 0.330 e. The van der Waals surface area contributed by atoms with E-state index in [-0.39, 0.29) is 0 Å². The third kappa shape index (κ3) is 3.11. The van der Waals surface area contributed by atoms with E-state index in [1.807, 2.05) is 37.3 Å². The molecule has 1 aromatic heterocycles. The molecule has 0 aliphatic rings. The van der Waals surface area contributed by atoms with Crippen LogP contribution in [0.1, 0.15) is 11.5 Å². The van der Waals surface area contributed by atoms with Gasteiger partial charge in [0.1, 0.15) is 5.82 Å². The van der Waals surface area contributed by atoms with Gasteiger partial charge in [0.05, 0.1) is 5.69 Å². The molecular formula is C13H14BrN3. The van der Waals surface area contributed by atoms with E-state index in [0.717, 1.165) is 27.2 Å². The van der Waals surface area contributed by atoms with E-state index in [1.165, 1.54) is 0 Å². The summed E-state index contributed by atoms with van der Waals surface area (Å²) < 4.78 is 1.06. The monoisotopic (exact) mass is 291 g/mol. The molecule has 0 spiro atoms. The van der Waals surface area contributed by atoms with Crippen LogP contribution in [0.25, 0.3) is 11.3 Å². The van der Waals surface area contributed by atoms with Crippen LogP contribution in [0.2, 0.25) is 0 Å². The van der Waals surface area contributed by atoms with E-state index in [2.05, 4.69) is 25.9 Å². The van der Waals surface area contributed by atoms with Crippen LogP contribution in [0.4, 0.5) is 0 Å². The molecule has 0 amide bonds. The Morgan fingerprint density at radius 2 is 1.88 bits per heavy atom. The fourth-order valence-electron chi connectivity index (χ4n) is 1.64. The quantitative estimate of drug-likeness (QED) is 0.946. The van der Waals surface area contributed by atoms with Crippen molar-refractivity contribution in [3.63, 3.8) is 0 Å². The van der Waals surface area contributed by atoms with Crippen molar-refractivity contribution in [3.05, 3.63) is 46.3 Å². The smallest absolute Gasteiger partial charge is 0.130 e. The summed E-state index contributed by atoms with van der Waals surface area (Å²) in [7, 11) is 0. The van der Waals surface area contributed by atoms with Crippen molar-refractivity contribution in [3.8, 4) is 11.3 Å². The van der Waals surface area contributed by atoms with Crippen LogP contribution in [-0.4, -0.2) is 16.5 Å². The first kappa shape index (κ1) is 12.2. The van der Waals surface area contributed by atoms with Crippen molar-refractivity contribution in [1.82, 2.24) is 9.97 Å². The van der Waals surface area contributed by atoms with Gasteiger partial charge in [-0.05, 0) is 31.7 Å². The number of hydrogen-bond donors (Lipinski definition) is 1. The number of nitrogens with two attached hydrogens (primary N) is 1. The van der Waals surface area contributed by atoms with Gasteiger partial charge < -0.3 is 5.73 Å². The fourth-order valence-corrected chi connectivity index (χ4v) is 1.90. The Labute approximate surface area is 109 Å². The summed E-state index contributed by atoms with van der Waals surface area (Å²) in [6.45, 7) is 2.55. The first-order valence-electron chi connectivity index (χ1n) is 5.49. The van der Waals surface area contributed by atoms with Gasteiger partial charge in [-0.3, -0.25) is 0 Å². The minimum Gasteiger partial charge on any atom is -0.330 e. The molecular weight excluding hydrogens is 278 g/mol. The summed E-state index contributed by atoms with van der Waals surface area (Å²) in [5.41, 5.74) is 8.55. The van der Waals surface area contributed by atoms with Crippen molar-refractivity contribution in [2.24, 2.45) is 5.73 Å². The van der Waals surface area contributed by atoms with Crippen molar-refractivity contribution in [1.29, 1.82) is 0 Å². The lowest BCUT2D eigenvalue weighted by molar-refractivity contribution is 0.858. The molecule has 4 heteroatoms. The number of aromatic nitrogens is 2. The van der Waals surface area contributed by atoms with Gasteiger partial charge in [-0.2, -0.15) is 0 Å². The molecule has 0 bridgehead atoms. The maximum Gasteiger partial charge on any atom is 0.130 e. The number of benzene rings is 1. The van der Waals surface area contributed by atoms with E-state index in [4.69, 9.17) is 5.73 Å². The number of rotatable bonds is 3. The third-order valence-electron chi connectivity index (χ3n) is 2.41. The first-order chi connectivity index (χ1) is 8.19. The summed E-state index contributed by atoms with van der Waals surface area (Å²) in [5.74, 6) is 0.811. The Kier molecular flexibility index (Phi) is 3.86. The topological polar surface area (TPSA) is 51.8 Å². The lowest BCUT2D eigenvalue weighted by atomic mass is 10.1. The summed E-state index contributed by atoms with van der Waals surface area (Å²) >= 11 is 3.42. The molecule has 1 heterocycles. The predicted octanol–water partition coefficient (Wildman–Crippen LogP) is 2.72. The molecule has 0 fully saturated rings. The van der Waals surface area contributed by atoms with Gasteiger partial charge in [-0.25, -0.2) is 9.97 Å². The lowest BCUT2D eigenvalue weighted by Crippen LogP contribution is -2.07. The maximum absolute atomic E-state index is 5.53. The van der Waals surface area contributed by atoms with Gasteiger partial charge in [-0.15, -0.1) is 0 Å². The molecule has 0 aliphatic heterocycles. The van der Waals surface area contributed by atoms with Crippen LogP contribution in [-0.2, 0) is 6.42 Å². The Morgan fingerprint density at radius 1 is 1.18 bits per heavy atom. The molecule has 3 nitrogen and oxygen atoms in total. The molecule has 88 valence electrons. The van der Waals surface area contributed by atoms with E-state index in [0.29, 0.717) is 13.0 Å². The van der Waals surface area contributed by atoms with Gasteiger partial charge in [0.25, 0.3) is 0 Å². The van der Waals surface area contributed by atoms with E-state index in [9.17, 15) is 0 Å². The first-order valence-corrected chi connectivity index (χ1v) is 6.29. The van der Waals surface area contributed by atoms with E-state index in [1.54, 1.807) is 0 Å². The van der Waals surface area contributed by atoms with Crippen molar-refractivity contribution in [2.45, 2.75) is 13.3 Å². The number of aryl methyl sites for hydroxylation is 1. The molecule has 0 unspecified atom stereocenters. The second-order valence-corrected chi connectivity index (χ2v) is 4.77. The van der Waals surface area contributed by atoms with Crippen LogP contribution >= 0.6 is 15.9 Å². The second-order valence-electron chi connectivity index (χ2n) is 3.86. The highest BCUT2D eigenvalue weighted by Gasteiger charge is 2.04. The van der Waals surface area contributed by atoms with Crippen LogP contribution < -0.4 is 5.73 Å². The van der Waals surface area contributed by atoms with Crippen molar-refractivity contribution in [2.75, 3.05) is 6.54 Å². The van der Waals surface area contributed by atoms with Gasteiger partial charge >= 0.3 is 0 Å². The number of nitrogens with zero attached hydrogens (tertiary/aromatic N) is 2. The molecule has 17 heavy (non-hydrogen) atoms. The highest BCUT2D eigenvalue weighted by molar-refractivity contribution is 9.10. The van der Waals surface area contributed by atoms with Crippen LogP contribution in [0.15, 0.2) is 34.8 Å². The Bertz CT molecular complexity index is 509. The van der Waals surface area contributed by atoms with Crippen molar-refractivity contribution >= 4 is 15.9 Å². The molecule has 0 atom stereocenters. The fraction of sp³-hybridized carbons (Fsp3) is 0.231. The standard InChI is InChI=1S/C13H14BrN3/c1-9-8-12(17-13(16-9)6-7-15)10-2-4-11(14)5-3-10/h2-5,8H,6-7,15H2,1H3. The second kappa shape index (κ2) is 5.38. The zero-order chi connectivity index (χ0) is 12.3. The Hall–Kier alpha value is -1.26. The minimum absolute atomic E-state index is 0.573. The molecule has 0 aliphatic carbocycles. The van der Waals surface area contributed by atoms with E-state index >= 15 is 0 Å². The van der Waals surface area contributed by atoms with Crippen LogP contribution in [0, 0.1) is 6.92 Å². The maximum atomic E-state index is 5.53. The molecule has 2 rings (SSSR count). The molecule has 2 aromatic rings. The molecule has 0 saturated heterocycles. The predicted molar refractivity (Wildman–Crippen MR) is 72.7 cm³/mol. The normalized spacial score (nSPS) is 10.5. The average Bonchev–Trinajstić information content (AvgIpc) is 2.29. The summed E-state index contributed by atoms with van der Waals surface area (Å²) in [6, 6.07) is 10.1. The number of hydrogen-bond acceptors (Lipinski definition) is 3. The Balaban J connectivity index is 2.40. The highest BCUT2D eigenvalue weighted by Crippen LogP contribution is 2.20. The van der Waals surface area contributed by atoms with Crippen LogP contribution in [0.3, 0.4) is 0 Å². The summed E-state index contributed by atoms with van der Waals surface area (Å²) in [6.07, 6.45) is 0.714. The molecule has 1 aromatic carbocycles.